The molecule has 0 radical (unpaired) electrons. The highest BCUT2D eigenvalue weighted by Crippen LogP contribution is 2.35. The number of hydrogen-bond donors (Lipinski definition) is 0. The van der Waals surface area contributed by atoms with Gasteiger partial charge in [0.05, 0.1) is 9.90 Å². The summed E-state index contributed by atoms with van der Waals surface area (Å²) in [6.45, 7) is 1.96. The van der Waals surface area contributed by atoms with E-state index in [4.69, 9.17) is 23.2 Å². The van der Waals surface area contributed by atoms with Crippen molar-refractivity contribution in [1.29, 1.82) is 0 Å². The summed E-state index contributed by atoms with van der Waals surface area (Å²) in [5.41, 5.74) is 1.56. The van der Waals surface area contributed by atoms with Crippen molar-refractivity contribution in [2.75, 3.05) is 0 Å². The highest BCUT2D eigenvalue weighted by molar-refractivity contribution is 7.14. The van der Waals surface area contributed by atoms with Gasteiger partial charge in [0, 0.05) is 12.4 Å². The first kappa shape index (κ1) is 11.0. The highest BCUT2D eigenvalue weighted by atomic mass is 35.5. The zero-order valence-electron chi connectivity index (χ0n) is 8.69. The van der Waals surface area contributed by atoms with Crippen molar-refractivity contribution >= 4 is 40.2 Å². The average Bonchev–Trinajstić information content (AvgIpc) is 2.86. The Morgan fingerprint density at radius 3 is 2.82 bits per heavy atom. The van der Waals surface area contributed by atoms with Crippen molar-refractivity contribution in [1.82, 2.24) is 19.6 Å². The molecule has 7 heteroatoms. The summed E-state index contributed by atoms with van der Waals surface area (Å²) in [7, 11) is 0. The quantitative estimate of drug-likeness (QED) is 0.687. The molecule has 0 unspecified atom stereocenters. The first-order valence-corrected chi connectivity index (χ1v) is 6.41. The van der Waals surface area contributed by atoms with Crippen LogP contribution in [0.3, 0.4) is 0 Å². The van der Waals surface area contributed by atoms with Gasteiger partial charge in [0.1, 0.15) is 0 Å². The summed E-state index contributed by atoms with van der Waals surface area (Å²) in [6.07, 6.45) is 3.37. The standard InChI is InChI=1S/C10H6Cl2N4S/c1-5-4-17-7(6(5)11)9-14-15-10-8(12)13-2-3-16(9)10/h2-4H,1H3. The van der Waals surface area contributed by atoms with Crippen LogP contribution >= 0.6 is 34.5 Å². The second-order valence-electron chi connectivity index (χ2n) is 3.50. The van der Waals surface area contributed by atoms with Crippen molar-refractivity contribution in [3.05, 3.63) is 33.5 Å². The monoisotopic (exact) mass is 284 g/mol. The maximum Gasteiger partial charge on any atom is 0.198 e. The molecule has 0 saturated carbocycles. The van der Waals surface area contributed by atoms with Crippen LogP contribution < -0.4 is 0 Å². The molecule has 0 aliphatic heterocycles. The van der Waals surface area contributed by atoms with Gasteiger partial charge in [-0.25, -0.2) is 4.98 Å². The van der Waals surface area contributed by atoms with Gasteiger partial charge in [0.15, 0.2) is 16.6 Å². The zero-order valence-corrected chi connectivity index (χ0v) is 11.0. The normalized spacial score (nSPS) is 11.2. The van der Waals surface area contributed by atoms with E-state index in [-0.39, 0.29) is 0 Å². The molecule has 0 spiro atoms. The first-order chi connectivity index (χ1) is 8.18. The van der Waals surface area contributed by atoms with E-state index in [1.807, 2.05) is 12.3 Å². The molecule has 3 heterocycles. The van der Waals surface area contributed by atoms with E-state index in [0.717, 1.165) is 10.4 Å². The molecule has 4 nitrogen and oxygen atoms in total. The number of halogens is 2. The van der Waals surface area contributed by atoms with Gasteiger partial charge in [-0.1, -0.05) is 23.2 Å². The van der Waals surface area contributed by atoms with Gasteiger partial charge in [-0.2, -0.15) is 0 Å². The van der Waals surface area contributed by atoms with E-state index in [1.165, 1.54) is 11.3 Å². The number of fused-ring (bicyclic) bond motifs is 1. The van der Waals surface area contributed by atoms with Crippen LogP contribution in [0.15, 0.2) is 17.8 Å². The van der Waals surface area contributed by atoms with E-state index in [2.05, 4.69) is 15.2 Å². The Hall–Kier alpha value is -1.17. The summed E-state index contributed by atoms with van der Waals surface area (Å²) >= 11 is 13.7. The van der Waals surface area contributed by atoms with Crippen LogP contribution in [-0.2, 0) is 0 Å². The lowest BCUT2D eigenvalue weighted by atomic mass is 10.3. The molecule has 0 amide bonds. The van der Waals surface area contributed by atoms with E-state index in [1.54, 1.807) is 16.8 Å². The fourth-order valence-corrected chi connectivity index (χ4v) is 2.98. The van der Waals surface area contributed by atoms with Crippen molar-refractivity contribution < 1.29 is 0 Å². The predicted octanol–water partition coefficient (Wildman–Crippen LogP) is 3.47. The molecule has 0 N–H and O–H groups in total. The SMILES string of the molecule is Cc1csc(-c2nnc3c(Cl)nccn23)c1Cl. The molecule has 0 bridgehead atoms. The summed E-state index contributed by atoms with van der Waals surface area (Å²) in [4.78, 5) is 4.84. The molecular formula is C10H6Cl2N4S. The minimum absolute atomic E-state index is 0.329. The number of hydrogen-bond acceptors (Lipinski definition) is 4. The minimum atomic E-state index is 0.329. The molecule has 0 aromatic carbocycles. The predicted molar refractivity (Wildman–Crippen MR) is 68.9 cm³/mol. The third kappa shape index (κ3) is 1.62. The molecule has 3 aromatic heterocycles. The summed E-state index contributed by atoms with van der Waals surface area (Å²) in [5.74, 6) is 0.687. The lowest BCUT2D eigenvalue weighted by Crippen LogP contribution is -1.89. The maximum absolute atomic E-state index is 6.22. The Balaban J connectivity index is 2.32. The highest BCUT2D eigenvalue weighted by Gasteiger charge is 2.16. The Labute approximate surface area is 111 Å². The van der Waals surface area contributed by atoms with Crippen LogP contribution in [0.1, 0.15) is 5.56 Å². The van der Waals surface area contributed by atoms with Crippen LogP contribution in [0.25, 0.3) is 16.3 Å². The molecule has 0 saturated heterocycles. The third-order valence-corrected chi connectivity index (χ3v) is 4.35. The van der Waals surface area contributed by atoms with Crippen molar-refractivity contribution in [3.8, 4) is 10.7 Å². The number of nitrogens with zero attached hydrogens (tertiary/aromatic N) is 4. The first-order valence-electron chi connectivity index (χ1n) is 4.77. The van der Waals surface area contributed by atoms with Crippen LogP contribution in [0.4, 0.5) is 0 Å². The van der Waals surface area contributed by atoms with Crippen LogP contribution in [0.5, 0.6) is 0 Å². The molecule has 0 aliphatic carbocycles. The molecule has 17 heavy (non-hydrogen) atoms. The second kappa shape index (κ2) is 3.94. The van der Waals surface area contributed by atoms with Crippen molar-refractivity contribution in [2.45, 2.75) is 6.92 Å². The number of aromatic nitrogens is 4. The molecule has 0 aliphatic rings. The van der Waals surface area contributed by atoms with E-state index >= 15 is 0 Å². The molecule has 0 fully saturated rings. The van der Waals surface area contributed by atoms with E-state index in [9.17, 15) is 0 Å². The Bertz CT molecular complexity index is 703. The largest absolute Gasteiger partial charge is 0.278 e. The Morgan fingerprint density at radius 2 is 2.12 bits per heavy atom. The lowest BCUT2D eigenvalue weighted by Gasteiger charge is -1.98. The Morgan fingerprint density at radius 1 is 1.29 bits per heavy atom. The topological polar surface area (TPSA) is 43.1 Å². The van der Waals surface area contributed by atoms with Gasteiger partial charge >= 0.3 is 0 Å². The maximum atomic E-state index is 6.22. The summed E-state index contributed by atoms with van der Waals surface area (Å²) in [6, 6.07) is 0. The number of aryl methyl sites for hydroxylation is 1. The van der Waals surface area contributed by atoms with E-state index < -0.39 is 0 Å². The molecule has 3 rings (SSSR count). The second-order valence-corrected chi connectivity index (χ2v) is 5.11. The third-order valence-electron chi connectivity index (χ3n) is 2.39. The number of rotatable bonds is 1. The Kier molecular flexibility index (Phi) is 2.54. The van der Waals surface area contributed by atoms with Crippen LogP contribution in [0.2, 0.25) is 10.2 Å². The summed E-state index contributed by atoms with van der Waals surface area (Å²) < 4.78 is 1.78. The summed E-state index contributed by atoms with van der Waals surface area (Å²) in [5, 5.41) is 11.1. The molecule has 3 aromatic rings. The average molecular weight is 285 g/mol. The van der Waals surface area contributed by atoms with Crippen LogP contribution in [-0.4, -0.2) is 19.6 Å². The lowest BCUT2D eigenvalue weighted by molar-refractivity contribution is 1.12. The zero-order chi connectivity index (χ0) is 12.0. The molecular weight excluding hydrogens is 279 g/mol. The fraction of sp³-hybridized carbons (Fsp3) is 0.100. The smallest absolute Gasteiger partial charge is 0.198 e. The van der Waals surface area contributed by atoms with Gasteiger partial charge in [-0.15, -0.1) is 21.5 Å². The number of thiophene rings is 1. The fourth-order valence-electron chi connectivity index (χ4n) is 1.53. The van der Waals surface area contributed by atoms with Gasteiger partial charge in [0.2, 0.25) is 0 Å². The van der Waals surface area contributed by atoms with Crippen molar-refractivity contribution in [3.63, 3.8) is 0 Å². The van der Waals surface area contributed by atoms with Gasteiger partial charge in [-0.3, -0.25) is 4.40 Å². The molecule has 86 valence electrons. The van der Waals surface area contributed by atoms with Gasteiger partial charge in [-0.05, 0) is 17.9 Å². The molecule has 0 atom stereocenters. The minimum Gasteiger partial charge on any atom is -0.278 e. The van der Waals surface area contributed by atoms with Crippen molar-refractivity contribution in [2.24, 2.45) is 0 Å². The van der Waals surface area contributed by atoms with E-state index in [0.29, 0.717) is 21.6 Å². The van der Waals surface area contributed by atoms with Gasteiger partial charge < -0.3 is 0 Å². The van der Waals surface area contributed by atoms with Gasteiger partial charge in [0.25, 0.3) is 0 Å². The van der Waals surface area contributed by atoms with Crippen LogP contribution in [0, 0.1) is 6.92 Å².